The van der Waals surface area contributed by atoms with Crippen LogP contribution >= 0.6 is 0 Å². The molecule has 1 aromatic heterocycles. The third-order valence-electron chi connectivity index (χ3n) is 5.19. The molecule has 0 atom stereocenters. The van der Waals surface area contributed by atoms with Crippen molar-refractivity contribution in [3.63, 3.8) is 0 Å². The SMILES string of the molecule is O=C(Cn1nc(NCc2ccc(F)cc2)[n+]2c1CCCCC2)c1ccc(F)cc1. The van der Waals surface area contributed by atoms with Crippen LogP contribution in [0.2, 0.25) is 0 Å². The summed E-state index contributed by atoms with van der Waals surface area (Å²) in [6.07, 6.45) is 4.08. The van der Waals surface area contributed by atoms with E-state index in [4.69, 9.17) is 0 Å². The second kappa shape index (κ2) is 8.51. The molecule has 29 heavy (non-hydrogen) atoms. The van der Waals surface area contributed by atoms with E-state index in [0.717, 1.165) is 43.6 Å². The Morgan fingerprint density at radius 3 is 2.41 bits per heavy atom. The Labute approximate surface area is 168 Å². The van der Waals surface area contributed by atoms with Gasteiger partial charge < -0.3 is 0 Å². The molecule has 3 aromatic rings. The molecule has 2 aromatic carbocycles. The predicted molar refractivity (Wildman–Crippen MR) is 104 cm³/mol. The lowest BCUT2D eigenvalue weighted by molar-refractivity contribution is -0.690. The van der Waals surface area contributed by atoms with Crippen molar-refractivity contribution in [2.24, 2.45) is 0 Å². The number of ketones is 1. The molecule has 4 rings (SSSR count). The lowest BCUT2D eigenvalue weighted by Crippen LogP contribution is -2.39. The zero-order chi connectivity index (χ0) is 20.2. The minimum Gasteiger partial charge on any atom is -0.291 e. The van der Waals surface area contributed by atoms with Gasteiger partial charge in [-0.25, -0.2) is 13.3 Å². The fourth-order valence-corrected chi connectivity index (χ4v) is 3.62. The Morgan fingerprint density at radius 2 is 1.69 bits per heavy atom. The number of halogens is 2. The van der Waals surface area contributed by atoms with Crippen molar-refractivity contribution in [1.29, 1.82) is 0 Å². The first-order chi connectivity index (χ1) is 14.1. The molecule has 0 amide bonds. The van der Waals surface area contributed by atoms with Crippen molar-refractivity contribution in [2.45, 2.75) is 45.3 Å². The first-order valence-electron chi connectivity index (χ1n) is 9.87. The Kier molecular flexibility index (Phi) is 5.64. The average Bonchev–Trinajstić information content (AvgIpc) is 2.89. The predicted octanol–water partition coefficient (Wildman–Crippen LogP) is 3.67. The van der Waals surface area contributed by atoms with Crippen molar-refractivity contribution in [1.82, 2.24) is 9.78 Å². The molecule has 0 saturated heterocycles. The summed E-state index contributed by atoms with van der Waals surface area (Å²) in [5, 5.41) is 7.97. The number of aromatic nitrogens is 3. The highest BCUT2D eigenvalue weighted by atomic mass is 19.1. The molecule has 0 saturated carbocycles. The Hall–Kier alpha value is -3.09. The van der Waals surface area contributed by atoms with Crippen LogP contribution in [0.1, 0.15) is 41.0 Å². The Morgan fingerprint density at radius 1 is 1.00 bits per heavy atom. The van der Waals surface area contributed by atoms with Gasteiger partial charge in [0.05, 0.1) is 13.1 Å². The molecule has 1 aliphatic heterocycles. The monoisotopic (exact) mass is 397 g/mol. The fourth-order valence-electron chi connectivity index (χ4n) is 3.62. The minimum atomic E-state index is -0.364. The minimum absolute atomic E-state index is 0.106. The molecule has 0 aliphatic carbocycles. The maximum absolute atomic E-state index is 13.1. The van der Waals surface area contributed by atoms with E-state index in [1.54, 1.807) is 16.8 Å². The van der Waals surface area contributed by atoms with Gasteiger partial charge in [0.15, 0.2) is 12.3 Å². The molecule has 2 heterocycles. The van der Waals surface area contributed by atoms with Gasteiger partial charge in [-0.05, 0) is 54.8 Å². The third kappa shape index (κ3) is 4.50. The quantitative estimate of drug-likeness (QED) is 0.510. The summed E-state index contributed by atoms with van der Waals surface area (Å²) in [5.41, 5.74) is 1.42. The first kappa shape index (κ1) is 19.2. The van der Waals surface area contributed by atoms with Gasteiger partial charge in [-0.3, -0.25) is 10.1 Å². The van der Waals surface area contributed by atoms with Gasteiger partial charge in [0, 0.05) is 17.1 Å². The molecule has 0 unspecified atom stereocenters. The van der Waals surface area contributed by atoms with Gasteiger partial charge in [-0.2, -0.15) is 0 Å². The molecule has 5 nitrogen and oxygen atoms in total. The summed E-state index contributed by atoms with van der Waals surface area (Å²) >= 11 is 0. The molecule has 1 aliphatic rings. The molecule has 7 heteroatoms. The smallest absolute Gasteiger partial charge is 0.291 e. The number of nitrogens with zero attached hydrogens (tertiary/aromatic N) is 3. The summed E-state index contributed by atoms with van der Waals surface area (Å²) < 4.78 is 30.1. The molecule has 1 N–H and O–H groups in total. The van der Waals surface area contributed by atoms with Crippen molar-refractivity contribution >= 4 is 11.7 Å². The molecule has 0 fully saturated rings. The molecule has 0 spiro atoms. The fraction of sp³-hybridized carbons (Fsp3) is 0.318. The summed E-state index contributed by atoms with van der Waals surface area (Å²) in [4.78, 5) is 12.7. The average molecular weight is 397 g/mol. The van der Waals surface area contributed by atoms with E-state index in [-0.39, 0.29) is 24.0 Å². The van der Waals surface area contributed by atoms with Crippen molar-refractivity contribution in [3.8, 4) is 0 Å². The lowest BCUT2D eigenvalue weighted by atomic mass is 10.1. The Bertz CT molecular complexity index is 997. The summed E-state index contributed by atoms with van der Waals surface area (Å²) in [7, 11) is 0. The number of nitrogens with one attached hydrogen (secondary N) is 1. The summed E-state index contributed by atoms with van der Waals surface area (Å²) in [5.74, 6) is 0.987. The zero-order valence-corrected chi connectivity index (χ0v) is 16.1. The molecular weight excluding hydrogens is 374 g/mol. The number of benzene rings is 2. The van der Waals surface area contributed by atoms with E-state index in [0.29, 0.717) is 18.1 Å². The van der Waals surface area contributed by atoms with E-state index in [2.05, 4.69) is 15.0 Å². The number of anilines is 1. The van der Waals surface area contributed by atoms with Gasteiger partial charge in [0.1, 0.15) is 11.6 Å². The van der Waals surface area contributed by atoms with Crippen LogP contribution in [0.15, 0.2) is 48.5 Å². The Balaban J connectivity index is 1.56. The van der Waals surface area contributed by atoms with E-state index in [1.165, 1.54) is 36.4 Å². The van der Waals surface area contributed by atoms with Crippen LogP contribution in [0.5, 0.6) is 0 Å². The third-order valence-corrected chi connectivity index (χ3v) is 5.19. The number of carbonyl (C=O) groups is 1. The largest absolute Gasteiger partial charge is 0.378 e. The van der Waals surface area contributed by atoms with Gasteiger partial charge in [-0.1, -0.05) is 18.6 Å². The lowest BCUT2D eigenvalue weighted by Gasteiger charge is -2.03. The van der Waals surface area contributed by atoms with E-state index < -0.39 is 0 Å². The van der Waals surface area contributed by atoms with Gasteiger partial charge in [-0.15, -0.1) is 4.68 Å². The molecule has 0 bridgehead atoms. The maximum Gasteiger partial charge on any atom is 0.378 e. The molecule has 0 radical (unpaired) electrons. The van der Waals surface area contributed by atoms with Gasteiger partial charge in [0.2, 0.25) is 5.82 Å². The van der Waals surface area contributed by atoms with E-state index in [1.807, 2.05) is 0 Å². The van der Waals surface area contributed by atoms with Crippen molar-refractivity contribution in [2.75, 3.05) is 5.32 Å². The van der Waals surface area contributed by atoms with Gasteiger partial charge >= 0.3 is 5.95 Å². The first-order valence-corrected chi connectivity index (χ1v) is 9.87. The summed E-state index contributed by atoms with van der Waals surface area (Å²) in [6, 6.07) is 11.9. The number of hydrogen-bond acceptors (Lipinski definition) is 3. The zero-order valence-electron chi connectivity index (χ0n) is 16.1. The van der Waals surface area contributed by atoms with Crippen LogP contribution in [-0.2, 0) is 26.1 Å². The summed E-state index contributed by atoms with van der Waals surface area (Å²) in [6.45, 7) is 1.47. The van der Waals surface area contributed by atoms with Crippen LogP contribution in [-0.4, -0.2) is 15.6 Å². The molecule has 150 valence electrons. The van der Waals surface area contributed by atoms with Crippen molar-refractivity contribution in [3.05, 3.63) is 77.1 Å². The van der Waals surface area contributed by atoms with Crippen LogP contribution in [0, 0.1) is 11.6 Å². The van der Waals surface area contributed by atoms with Crippen LogP contribution in [0.25, 0.3) is 0 Å². The van der Waals surface area contributed by atoms with Crippen LogP contribution in [0.3, 0.4) is 0 Å². The van der Waals surface area contributed by atoms with Crippen LogP contribution in [0.4, 0.5) is 14.7 Å². The second-order valence-corrected chi connectivity index (χ2v) is 7.27. The highest BCUT2D eigenvalue weighted by molar-refractivity contribution is 5.95. The van der Waals surface area contributed by atoms with E-state index >= 15 is 0 Å². The maximum atomic E-state index is 13.1. The highest BCUT2D eigenvalue weighted by Gasteiger charge is 2.27. The number of carbonyl (C=O) groups excluding carboxylic acids is 1. The normalized spacial score (nSPS) is 13.6. The van der Waals surface area contributed by atoms with E-state index in [9.17, 15) is 13.6 Å². The molecular formula is C22H23F2N4O+. The van der Waals surface area contributed by atoms with Crippen LogP contribution < -0.4 is 9.88 Å². The highest BCUT2D eigenvalue weighted by Crippen LogP contribution is 2.14. The number of rotatable bonds is 6. The van der Waals surface area contributed by atoms with Crippen molar-refractivity contribution < 1.29 is 18.1 Å². The van der Waals surface area contributed by atoms with Gasteiger partial charge in [0.25, 0.3) is 0 Å². The second-order valence-electron chi connectivity index (χ2n) is 7.27. The number of Topliss-reactive ketones (excluding diaryl/α,β-unsaturated/α-hetero) is 1. The standard InChI is InChI=1S/C22H23F2N4O/c23-18-9-5-16(6-10-18)14-25-22-26-28(21-4-2-1-3-13-27(21)22)15-20(29)17-7-11-19(24)12-8-17/h5-12H,1-4,13-15H2,(H,25,26)/q+1. The number of hydrogen-bond donors (Lipinski definition) is 1. The number of fused-ring (bicyclic) bond motifs is 1. The topological polar surface area (TPSA) is 50.8 Å².